The van der Waals surface area contributed by atoms with Gasteiger partial charge in [0.15, 0.2) is 0 Å². The van der Waals surface area contributed by atoms with Gasteiger partial charge in [-0.1, -0.05) is 20.8 Å². The van der Waals surface area contributed by atoms with Crippen LogP contribution in [0.1, 0.15) is 47.5 Å². The van der Waals surface area contributed by atoms with E-state index in [9.17, 15) is 9.59 Å². The Morgan fingerprint density at radius 2 is 1.90 bits per heavy atom. The molecule has 0 aromatic carbocycles. The summed E-state index contributed by atoms with van der Waals surface area (Å²) in [6.07, 6.45) is 1.09. The van der Waals surface area contributed by atoms with Crippen molar-refractivity contribution in [3.8, 4) is 0 Å². The van der Waals surface area contributed by atoms with Crippen LogP contribution < -0.4 is 0 Å². The zero-order chi connectivity index (χ0) is 15.7. The summed E-state index contributed by atoms with van der Waals surface area (Å²) in [6, 6.07) is 0.107. The van der Waals surface area contributed by atoms with Crippen molar-refractivity contribution in [1.82, 2.24) is 9.80 Å². The van der Waals surface area contributed by atoms with E-state index >= 15 is 0 Å². The number of piperidine rings is 1. The molecule has 1 rings (SSSR count). The molecule has 3 atom stereocenters. The Balaban J connectivity index is 2.71. The number of carboxylic acid groups (broad SMARTS) is 1. The van der Waals surface area contributed by atoms with Crippen LogP contribution in [0, 0.1) is 11.3 Å². The molecule has 0 spiro atoms. The van der Waals surface area contributed by atoms with Crippen molar-refractivity contribution in [2.45, 2.75) is 59.5 Å². The molecule has 1 aliphatic rings. The number of amides is 2. The molecule has 0 aromatic heterocycles. The molecular formula is C15H28N2O3. The number of likely N-dealkylation sites (tertiary alicyclic amines) is 1. The summed E-state index contributed by atoms with van der Waals surface area (Å²) in [4.78, 5) is 27.2. The van der Waals surface area contributed by atoms with E-state index in [4.69, 9.17) is 5.11 Å². The van der Waals surface area contributed by atoms with Gasteiger partial charge in [0.1, 0.15) is 0 Å². The summed E-state index contributed by atoms with van der Waals surface area (Å²) in [5.41, 5.74) is 0.0209. The third-order valence-electron chi connectivity index (χ3n) is 4.61. The first kappa shape index (κ1) is 16.8. The third-order valence-corrected chi connectivity index (χ3v) is 4.61. The van der Waals surface area contributed by atoms with Gasteiger partial charge >= 0.3 is 12.0 Å². The fraction of sp³-hybridized carbons (Fsp3) is 0.867. The summed E-state index contributed by atoms with van der Waals surface area (Å²) in [5.74, 6) is -1.07. The van der Waals surface area contributed by atoms with Crippen LogP contribution in [-0.2, 0) is 4.79 Å². The smallest absolute Gasteiger partial charge is 0.320 e. The zero-order valence-electron chi connectivity index (χ0n) is 13.5. The molecule has 1 fully saturated rings. The summed E-state index contributed by atoms with van der Waals surface area (Å²) < 4.78 is 0. The Bertz CT molecular complexity index is 376. The quantitative estimate of drug-likeness (QED) is 0.848. The minimum atomic E-state index is -0.750. The Morgan fingerprint density at radius 3 is 2.30 bits per heavy atom. The SMILES string of the molecule is CC1CC(C(=O)O)CCN1C(=O)N(C)C(C)C(C)(C)C. The van der Waals surface area contributed by atoms with Crippen LogP contribution in [-0.4, -0.2) is 52.6 Å². The molecule has 0 saturated carbocycles. The van der Waals surface area contributed by atoms with Crippen molar-refractivity contribution in [2.75, 3.05) is 13.6 Å². The van der Waals surface area contributed by atoms with Crippen molar-refractivity contribution >= 4 is 12.0 Å². The lowest BCUT2D eigenvalue weighted by Crippen LogP contribution is -2.54. The van der Waals surface area contributed by atoms with Crippen LogP contribution in [0.4, 0.5) is 4.79 Å². The molecule has 20 heavy (non-hydrogen) atoms. The minimum absolute atomic E-state index is 0.00348. The van der Waals surface area contributed by atoms with Gasteiger partial charge in [-0.3, -0.25) is 4.79 Å². The van der Waals surface area contributed by atoms with Gasteiger partial charge in [0.2, 0.25) is 0 Å². The highest BCUT2D eigenvalue weighted by Crippen LogP contribution is 2.27. The number of aliphatic carboxylic acids is 1. The zero-order valence-corrected chi connectivity index (χ0v) is 13.5. The first-order chi connectivity index (χ1) is 9.05. The van der Waals surface area contributed by atoms with Crippen molar-refractivity contribution < 1.29 is 14.7 Å². The van der Waals surface area contributed by atoms with Crippen molar-refractivity contribution in [2.24, 2.45) is 11.3 Å². The number of carbonyl (C=O) groups excluding carboxylic acids is 1. The van der Waals surface area contributed by atoms with E-state index < -0.39 is 5.97 Å². The van der Waals surface area contributed by atoms with E-state index in [1.165, 1.54) is 0 Å². The highest BCUT2D eigenvalue weighted by molar-refractivity contribution is 5.76. The topological polar surface area (TPSA) is 60.9 Å². The number of nitrogens with zero attached hydrogens (tertiary/aromatic N) is 2. The summed E-state index contributed by atoms with van der Waals surface area (Å²) in [6.45, 7) is 10.8. The van der Waals surface area contributed by atoms with Crippen LogP contribution in [0.15, 0.2) is 0 Å². The molecule has 1 heterocycles. The second-order valence-electron chi connectivity index (χ2n) is 7.04. The Morgan fingerprint density at radius 1 is 1.35 bits per heavy atom. The summed E-state index contributed by atoms with van der Waals surface area (Å²) >= 11 is 0. The molecule has 116 valence electrons. The van der Waals surface area contributed by atoms with Crippen LogP contribution >= 0.6 is 0 Å². The van der Waals surface area contributed by atoms with Gasteiger partial charge < -0.3 is 14.9 Å². The maximum atomic E-state index is 12.6. The van der Waals surface area contributed by atoms with Crippen LogP contribution in [0.5, 0.6) is 0 Å². The summed E-state index contributed by atoms with van der Waals surface area (Å²) in [7, 11) is 1.83. The predicted octanol–water partition coefficient (Wildman–Crippen LogP) is 2.66. The normalized spacial score (nSPS) is 25.2. The molecular weight excluding hydrogens is 256 g/mol. The summed E-state index contributed by atoms with van der Waals surface area (Å²) in [5, 5.41) is 9.07. The lowest BCUT2D eigenvalue weighted by atomic mass is 9.87. The largest absolute Gasteiger partial charge is 0.481 e. The Kier molecular flexibility index (Phi) is 5.05. The van der Waals surface area contributed by atoms with Gasteiger partial charge in [0, 0.05) is 25.7 Å². The fourth-order valence-corrected chi connectivity index (χ4v) is 2.63. The number of hydrogen-bond donors (Lipinski definition) is 1. The van der Waals surface area contributed by atoms with Gasteiger partial charge in [-0.25, -0.2) is 4.79 Å². The maximum Gasteiger partial charge on any atom is 0.320 e. The number of carboxylic acids is 1. The van der Waals surface area contributed by atoms with E-state index in [1.807, 2.05) is 25.8 Å². The molecule has 0 radical (unpaired) electrons. The fourth-order valence-electron chi connectivity index (χ4n) is 2.63. The van der Waals surface area contributed by atoms with Gasteiger partial charge in [0.05, 0.1) is 5.92 Å². The lowest BCUT2D eigenvalue weighted by molar-refractivity contribution is -0.143. The van der Waals surface area contributed by atoms with E-state index in [-0.39, 0.29) is 29.4 Å². The molecule has 0 bridgehead atoms. The number of hydrogen-bond acceptors (Lipinski definition) is 2. The van der Waals surface area contributed by atoms with Crippen molar-refractivity contribution in [1.29, 1.82) is 0 Å². The monoisotopic (exact) mass is 284 g/mol. The highest BCUT2D eigenvalue weighted by Gasteiger charge is 2.36. The Hall–Kier alpha value is -1.26. The molecule has 1 saturated heterocycles. The average Bonchev–Trinajstić information content (AvgIpc) is 2.34. The molecule has 1 N–H and O–H groups in total. The van der Waals surface area contributed by atoms with E-state index in [0.717, 1.165) is 0 Å². The second-order valence-corrected chi connectivity index (χ2v) is 7.04. The molecule has 5 heteroatoms. The highest BCUT2D eigenvalue weighted by atomic mass is 16.4. The van der Waals surface area contributed by atoms with Crippen LogP contribution in [0.2, 0.25) is 0 Å². The number of urea groups is 1. The van der Waals surface area contributed by atoms with Gasteiger partial charge in [-0.15, -0.1) is 0 Å². The molecule has 2 amide bonds. The molecule has 3 unspecified atom stereocenters. The molecule has 1 aliphatic heterocycles. The van der Waals surface area contributed by atoms with E-state index in [2.05, 4.69) is 20.8 Å². The lowest BCUT2D eigenvalue weighted by Gasteiger charge is -2.42. The van der Waals surface area contributed by atoms with Crippen LogP contribution in [0.3, 0.4) is 0 Å². The molecule has 0 aromatic rings. The van der Waals surface area contributed by atoms with Gasteiger partial charge in [-0.2, -0.15) is 0 Å². The Labute approximate surface area is 121 Å². The minimum Gasteiger partial charge on any atom is -0.481 e. The number of carbonyl (C=O) groups is 2. The third kappa shape index (κ3) is 3.64. The second kappa shape index (κ2) is 6.02. The predicted molar refractivity (Wildman–Crippen MR) is 78.6 cm³/mol. The van der Waals surface area contributed by atoms with Crippen molar-refractivity contribution in [3.63, 3.8) is 0 Å². The van der Waals surface area contributed by atoms with E-state index in [0.29, 0.717) is 19.4 Å². The van der Waals surface area contributed by atoms with Gasteiger partial charge in [-0.05, 0) is 32.1 Å². The first-order valence-corrected chi connectivity index (χ1v) is 7.32. The van der Waals surface area contributed by atoms with Crippen LogP contribution in [0.25, 0.3) is 0 Å². The molecule has 0 aliphatic carbocycles. The number of rotatable bonds is 2. The maximum absolute atomic E-state index is 12.6. The average molecular weight is 284 g/mol. The van der Waals surface area contributed by atoms with Gasteiger partial charge in [0.25, 0.3) is 0 Å². The standard InChI is InChI=1S/C15H28N2O3/c1-10-9-12(13(18)19)7-8-17(10)14(20)16(6)11(2)15(3,4)5/h10-12H,7-9H2,1-6H3,(H,18,19). The van der Waals surface area contributed by atoms with Crippen molar-refractivity contribution in [3.05, 3.63) is 0 Å². The first-order valence-electron chi connectivity index (χ1n) is 7.32. The van der Waals surface area contributed by atoms with E-state index in [1.54, 1.807) is 4.90 Å². The molecule has 5 nitrogen and oxygen atoms in total.